The van der Waals surface area contributed by atoms with Gasteiger partial charge in [-0.2, -0.15) is 0 Å². The fraction of sp³-hybridized carbons (Fsp3) is 0.981. The fourth-order valence-electron chi connectivity index (χ4n) is 8.60. The average Bonchev–Trinajstić information content (AvgIpc) is 3.20. The first-order valence-electron chi connectivity index (χ1n) is 26.2. The molecule has 0 rings (SSSR count). The second-order valence-electron chi connectivity index (χ2n) is 18.3. The van der Waals surface area contributed by atoms with Crippen LogP contribution >= 0.6 is 0 Å². The summed E-state index contributed by atoms with van der Waals surface area (Å²) in [5.74, 6) is -0.0252. The zero-order valence-corrected chi connectivity index (χ0v) is 38.7. The van der Waals surface area contributed by atoms with Gasteiger partial charge in [0.2, 0.25) is 5.91 Å². The summed E-state index contributed by atoms with van der Waals surface area (Å²) < 4.78 is 0. The van der Waals surface area contributed by atoms with E-state index in [4.69, 9.17) is 0 Å². The summed E-state index contributed by atoms with van der Waals surface area (Å²) >= 11 is 0. The zero-order valence-electron chi connectivity index (χ0n) is 38.7. The normalized spacial score (nSPS) is 12.7. The van der Waals surface area contributed by atoms with Crippen LogP contribution in [0.2, 0.25) is 0 Å². The van der Waals surface area contributed by atoms with Crippen molar-refractivity contribution in [2.75, 3.05) is 6.61 Å². The zero-order chi connectivity index (χ0) is 40.7. The number of hydrogen-bond donors (Lipinski definition) is 3. The number of hydrogen-bond acceptors (Lipinski definition) is 3. The molecular formula is C52H105NO3. The molecule has 0 aliphatic carbocycles. The largest absolute Gasteiger partial charge is 0.394 e. The molecule has 0 fully saturated rings. The number of aliphatic hydroxyl groups is 2. The summed E-state index contributed by atoms with van der Waals surface area (Å²) in [5.41, 5.74) is 0. The highest BCUT2D eigenvalue weighted by atomic mass is 16.3. The number of aliphatic hydroxyl groups excluding tert-OH is 2. The maximum absolute atomic E-state index is 12.4. The molecule has 0 heterocycles. The van der Waals surface area contributed by atoms with Crippen LogP contribution in [-0.2, 0) is 4.79 Å². The van der Waals surface area contributed by atoms with Crippen LogP contribution < -0.4 is 5.32 Å². The van der Waals surface area contributed by atoms with Gasteiger partial charge in [-0.15, -0.1) is 0 Å². The monoisotopic (exact) mass is 792 g/mol. The van der Waals surface area contributed by atoms with Crippen molar-refractivity contribution in [3.05, 3.63) is 0 Å². The second-order valence-corrected chi connectivity index (χ2v) is 18.3. The van der Waals surface area contributed by atoms with E-state index in [0.717, 1.165) is 25.7 Å². The molecule has 0 aromatic heterocycles. The maximum atomic E-state index is 12.4. The summed E-state index contributed by atoms with van der Waals surface area (Å²) in [6, 6.07) is -0.529. The van der Waals surface area contributed by atoms with E-state index in [1.165, 1.54) is 257 Å². The summed E-state index contributed by atoms with van der Waals surface area (Å²) in [6.07, 6.45) is 60.9. The van der Waals surface area contributed by atoms with Crippen LogP contribution in [0.3, 0.4) is 0 Å². The Morgan fingerprint density at radius 1 is 0.357 bits per heavy atom. The number of amides is 1. The molecule has 1 amide bonds. The van der Waals surface area contributed by atoms with Crippen molar-refractivity contribution < 1.29 is 15.0 Å². The average molecular weight is 792 g/mol. The molecule has 336 valence electrons. The van der Waals surface area contributed by atoms with Gasteiger partial charge in [0.05, 0.1) is 18.8 Å². The predicted octanol–water partition coefficient (Wildman–Crippen LogP) is 16.8. The first-order valence-corrected chi connectivity index (χ1v) is 26.2. The molecule has 3 N–H and O–H groups in total. The molecule has 0 aromatic rings. The minimum absolute atomic E-state index is 0.0252. The lowest BCUT2D eigenvalue weighted by Gasteiger charge is -2.22. The van der Waals surface area contributed by atoms with E-state index in [1.54, 1.807) is 0 Å². The van der Waals surface area contributed by atoms with E-state index in [1.807, 2.05) is 0 Å². The van der Waals surface area contributed by atoms with Crippen LogP contribution in [0, 0.1) is 0 Å². The summed E-state index contributed by atoms with van der Waals surface area (Å²) in [5, 5.41) is 23.2. The van der Waals surface area contributed by atoms with Crippen molar-refractivity contribution in [2.45, 2.75) is 321 Å². The molecule has 4 heteroatoms. The van der Waals surface area contributed by atoms with Gasteiger partial charge in [0.25, 0.3) is 0 Å². The van der Waals surface area contributed by atoms with Gasteiger partial charge in [0, 0.05) is 6.42 Å². The molecule has 56 heavy (non-hydrogen) atoms. The molecular weight excluding hydrogens is 687 g/mol. The highest BCUT2D eigenvalue weighted by molar-refractivity contribution is 5.76. The summed E-state index contributed by atoms with van der Waals surface area (Å²) in [7, 11) is 0. The third kappa shape index (κ3) is 44.5. The standard InChI is InChI=1S/C52H105NO3/c1-3-5-7-9-11-13-15-16-17-18-19-20-21-22-23-24-25-26-27-28-29-30-31-32-33-34-35-36-38-40-42-44-46-48-52(56)53-50(49-54)51(55)47-45-43-41-39-37-14-12-10-8-6-4-2/h50-51,54-55H,3-49H2,1-2H3,(H,53,56)/t50-,51+/m0/s1. The Balaban J connectivity index is 3.33. The van der Waals surface area contributed by atoms with E-state index in [2.05, 4.69) is 19.2 Å². The van der Waals surface area contributed by atoms with E-state index in [0.29, 0.717) is 12.8 Å². The minimum Gasteiger partial charge on any atom is -0.394 e. The Kier molecular flexibility index (Phi) is 48.2. The van der Waals surface area contributed by atoms with Crippen LogP contribution in [0.5, 0.6) is 0 Å². The lowest BCUT2D eigenvalue weighted by Crippen LogP contribution is -2.45. The number of rotatable bonds is 49. The van der Waals surface area contributed by atoms with Crippen molar-refractivity contribution in [3.8, 4) is 0 Å². The van der Waals surface area contributed by atoms with Crippen molar-refractivity contribution in [1.82, 2.24) is 5.32 Å². The van der Waals surface area contributed by atoms with Gasteiger partial charge in [-0.1, -0.05) is 290 Å². The Morgan fingerprint density at radius 3 is 0.804 bits per heavy atom. The van der Waals surface area contributed by atoms with E-state index in [9.17, 15) is 15.0 Å². The van der Waals surface area contributed by atoms with Gasteiger partial charge in [0.1, 0.15) is 0 Å². The lowest BCUT2D eigenvalue weighted by molar-refractivity contribution is -0.123. The Hall–Kier alpha value is -0.610. The Bertz CT molecular complexity index is 729. The number of nitrogens with one attached hydrogen (secondary N) is 1. The molecule has 0 aromatic carbocycles. The molecule has 0 spiro atoms. The molecule has 0 radical (unpaired) electrons. The topological polar surface area (TPSA) is 69.6 Å². The Labute approximate surface area is 353 Å². The van der Waals surface area contributed by atoms with E-state index < -0.39 is 12.1 Å². The number of carbonyl (C=O) groups excluding carboxylic acids is 1. The lowest BCUT2D eigenvalue weighted by atomic mass is 10.0. The first kappa shape index (κ1) is 55.4. The summed E-state index contributed by atoms with van der Waals surface area (Å²) in [4.78, 5) is 12.4. The summed E-state index contributed by atoms with van der Waals surface area (Å²) in [6.45, 7) is 4.38. The van der Waals surface area contributed by atoms with Gasteiger partial charge in [-0.05, 0) is 12.8 Å². The molecule has 2 atom stereocenters. The number of carbonyl (C=O) groups is 1. The van der Waals surface area contributed by atoms with Gasteiger partial charge >= 0.3 is 0 Å². The maximum Gasteiger partial charge on any atom is 0.220 e. The second kappa shape index (κ2) is 48.8. The van der Waals surface area contributed by atoms with E-state index >= 15 is 0 Å². The highest BCUT2D eigenvalue weighted by Crippen LogP contribution is 2.18. The third-order valence-electron chi connectivity index (χ3n) is 12.6. The van der Waals surface area contributed by atoms with Crippen LogP contribution in [0.1, 0.15) is 309 Å². The fourth-order valence-corrected chi connectivity index (χ4v) is 8.60. The molecule has 0 saturated carbocycles. The highest BCUT2D eigenvalue weighted by Gasteiger charge is 2.20. The number of unbranched alkanes of at least 4 members (excludes halogenated alkanes) is 42. The predicted molar refractivity (Wildman–Crippen MR) is 249 cm³/mol. The van der Waals surface area contributed by atoms with Gasteiger partial charge in [0.15, 0.2) is 0 Å². The van der Waals surface area contributed by atoms with Gasteiger partial charge < -0.3 is 15.5 Å². The van der Waals surface area contributed by atoms with Crippen LogP contribution in [0.25, 0.3) is 0 Å². The van der Waals surface area contributed by atoms with E-state index in [-0.39, 0.29) is 12.5 Å². The molecule has 4 nitrogen and oxygen atoms in total. The molecule has 0 bridgehead atoms. The molecule has 0 saturated heterocycles. The molecule has 0 unspecified atom stereocenters. The van der Waals surface area contributed by atoms with Crippen LogP contribution in [0.4, 0.5) is 0 Å². The van der Waals surface area contributed by atoms with Crippen molar-refractivity contribution in [2.24, 2.45) is 0 Å². The van der Waals surface area contributed by atoms with Crippen LogP contribution in [-0.4, -0.2) is 34.9 Å². The first-order chi connectivity index (χ1) is 27.7. The minimum atomic E-state index is -0.652. The van der Waals surface area contributed by atoms with Crippen molar-refractivity contribution >= 4 is 5.91 Å². The third-order valence-corrected chi connectivity index (χ3v) is 12.6. The van der Waals surface area contributed by atoms with Crippen molar-refractivity contribution in [3.63, 3.8) is 0 Å². The molecule has 0 aliphatic heterocycles. The quantitative estimate of drug-likeness (QED) is 0.0538. The van der Waals surface area contributed by atoms with Gasteiger partial charge in [-0.25, -0.2) is 0 Å². The molecule has 0 aliphatic rings. The smallest absolute Gasteiger partial charge is 0.220 e. The van der Waals surface area contributed by atoms with Crippen LogP contribution in [0.15, 0.2) is 0 Å². The SMILES string of the molecule is CCCCCCCCCCCCCCCCCCCCCCCCCCCCCCCCCCCC(=O)N[C@@H](CO)[C@H](O)CCCCCCCCCCCCC. The Morgan fingerprint density at radius 2 is 0.571 bits per heavy atom. The van der Waals surface area contributed by atoms with Crippen molar-refractivity contribution in [1.29, 1.82) is 0 Å². The van der Waals surface area contributed by atoms with Gasteiger partial charge in [-0.3, -0.25) is 4.79 Å².